The van der Waals surface area contributed by atoms with Crippen molar-refractivity contribution in [3.8, 4) is 11.6 Å². The molecule has 2 heterocycles. The van der Waals surface area contributed by atoms with E-state index in [1.807, 2.05) is 28.8 Å². The van der Waals surface area contributed by atoms with Gasteiger partial charge < -0.3 is 10.5 Å². The van der Waals surface area contributed by atoms with Gasteiger partial charge in [0.25, 0.3) is 0 Å². The topological polar surface area (TPSA) is 66.0 Å². The minimum atomic E-state index is 0.439. The van der Waals surface area contributed by atoms with Crippen molar-refractivity contribution >= 4 is 17.1 Å². The molecule has 2 N–H and O–H groups in total. The fourth-order valence-corrected chi connectivity index (χ4v) is 2.52. The Morgan fingerprint density at radius 3 is 2.71 bits per heavy atom. The van der Waals surface area contributed by atoms with Gasteiger partial charge in [-0.25, -0.2) is 4.98 Å². The maximum absolute atomic E-state index is 6.11. The number of nitrogens with two attached hydrogens (primary N) is 1. The lowest BCUT2D eigenvalue weighted by molar-refractivity contribution is 0.399. The van der Waals surface area contributed by atoms with E-state index < -0.39 is 0 Å². The monoisotopic (exact) mass is 282 g/mol. The smallest absolute Gasteiger partial charge is 0.215 e. The predicted octanol–water partition coefficient (Wildman–Crippen LogP) is 2.96. The van der Waals surface area contributed by atoms with Crippen LogP contribution in [0.5, 0.6) is 5.88 Å². The van der Waals surface area contributed by atoms with E-state index in [1.165, 1.54) is 5.56 Å². The van der Waals surface area contributed by atoms with Crippen LogP contribution in [0.2, 0.25) is 0 Å². The summed E-state index contributed by atoms with van der Waals surface area (Å²) in [7, 11) is 1.60. The van der Waals surface area contributed by atoms with E-state index in [9.17, 15) is 0 Å². The van der Waals surface area contributed by atoms with E-state index >= 15 is 0 Å². The van der Waals surface area contributed by atoms with Gasteiger partial charge in [0.1, 0.15) is 5.52 Å². The number of imidazole rings is 1. The molecule has 0 saturated carbocycles. The lowest BCUT2D eigenvalue weighted by Crippen LogP contribution is -2.05. The third-order valence-corrected chi connectivity index (χ3v) is 3.47. The minimum Gasteiger partial charge on any atom is -0.481 e. The number of aromatic nitrogens is 3. The van der Waals surface area contributed by atoms with Gasteiger partial charge in [-0.15, -0.1) is 0 Å². The Morgan fingerprint density at radius 2 is 1.95 bits per heavy atom. The number of pyridine rings is 1. The summed E-state index contributed by atoms with van der Waals surface area (Å²) < 4.78 is 7.10. The van der Waals surface area contributed by atoms with Gasteiger partial charge in [0, 0.05) is 6.07 Å². The number of benzene rings is 1. The number of rotatable bonds is 4. The summed E-state index contributed by atoms with van der Waals surface area (Å²) in [6, 6.07) is 11.9. The van der Waals surface area contributed by atoms with Crippen molar-refractivity contribution in [2.45, 2.75) is 19.8 Å². The Kier molecular flexibility index (Phi) is 3.48. The molecule has 0 radical (unpaired) electrons. The number of hydrogen-bond acceptors (Lipinski definition) is 4. The normalized spacial score (nSPS) is 11.0. The first kappa shape index (κ1) is 13.4. The first-order chi connectivity index (χ1) is 10.2. The summed E-state index contributed by atoms with van der Waals surface area (Å²) >= 11 is 0. The third kappa shape index (κ3) is 2.31. The van der Waals surface area contributed by atoms with Crippen LogP contribution in [0.15, 0.2) is 36.4 Å². The molecule has 108 valence electrons. The zero-order valence-corrected chi connectivity index (χ0v) is 12.2. The quantitative estimate of drug-likeness (QED) is 0.799. The van der Waals surface area contributed by atoms with Gasteiger partial charge >= 0.3 is 0 Å². The molecular formula is C16H18N4O. The van der Waals surface area contributed by atoms with Gasteiger partial charge in [-0.05, 0) is 24.1 Å². The van der Waals surface area contributed by atoms with Gasteiger partial charge in [0.2, 0.25) is 11.8 Å². The van der Waals surface area contributed by atoms with E-state index in [2.05, 4.69) is 23.0 Å². The SMILES string of the molecule is CCCc1ccccc1-n1c(N)nc2ccc(OC)nc21. The Labute approximate surface area is 123 Å². The van der Waals surface area contributed by atoms with Crippen molar-refractivity contribution in [2.75, 3.05) is 12.8 Å². The summed E-state index contributed by atoms with van der Waals surface area (Å²) in [5.41, 5.74) is 9.85. The van der Waals surface area contributed by atoms with Crippen LogP contribution in [0.4, 0.5) is 5.95 Å². The van der Waals surface area contributed by atoms with E-state index in [4.69, 9.17) is 10.5 Å². The van der Waals surface area contributed by atoms with Gasteiger partial charge in [-0.2, -0.15) is 4.98 Å². The highest BCUT2D eigenvalue weighted by Crippen LogP contribution is 2.26. The summed E-state index contributed by atoms with van der Waals surface area (Å²) in [6.45, 7) is 2.16. The molecule has 0 fully saturated rings. The molecule has 2 aromatic heterocycles. The molecule has 5 nitrogen and oxygen atoms in total. The average molecular weight is 282 g/mol. The number of hydrogen-bond donors (Lipinski definition) is 1. The molecule has 0 unspecified atom stereocenters. The largest absolute Gasteiger partial charge is 0.481 e. The third-order valence-electron chi connectivity index (χ3n) is 3.47. The molecule has 5 heteroatoms. The summed E-state index contributed by atoms with van der Waals surface area (Å²) in [5, 5.41) is 0. The zero-order valence-electron chi connectivity index (χ0n) is 12.2. The number of nitrogens with zero attached hydrogens (tertiary/aromatic N) is 3. The number of fused-ring (bicyclic) bond motifs is 1. The molecule has 3 aromatic rings. The van der Waals surface area contributed by atoms with Crippen LogP contribution in [0.25, 0.3) is 16.9 Å². The average Bonchev–Trinajstić information content (AvgIpc) is 2.83. The summed E-state index contributed by atoms with van der Waals surface area (Å²) in [5.74, 6) is 0.992. The number of anilines is 1. The van der Waals surface area contributed by atoms with E-state index in [0.29, 0.717) is 11.8 Å². The lowest BCUT2D eigenvalue weighted by Gasteiger charge is -2.11. The van der Waals surface area contributed by atoms with Crippen LogP contribution in [-0.4, -0.2) is 21.6 Å². The second-order valence-corrected chi connectivity index (χ2v) is 4.88. The van der Waals surface area contributed by atoms with Gasteiger partial charge in [0.15, 0.2) is 5.65 Å². The van der Waals surface area contributed by atoms with Crippen LogP contribution in [-0.2, 0) is 6.42 Å². The van der Waals surface area contributed by atoms with Crippen molar-refractivity contribution in [1.82, 2.24) is 14.5 Å². The van der Waals surface area contributed by atoms with Crippen molar-refractivity contribution in [2.24, 2.45) is 0 Å². The molecule has 0 aliphatic rings. The molecule has 0 aliphatic carbocycles. The molecule has 1 aromatic carbocycles. The molecule has 0 spiro atoms. The maximum Gasteiger partial charge on any atom is 0.215 e. The van der Waals surface area contributed by atoms with Crippen molar-refractivity contribution in [3.63, 3.8) is 0 Å². The number of aryl methyl sites for hydroxylation is 1. The van der Waals surface area contributed by atoms with Crippen LogP contribution in [0, 0.1) is 0 Å². The predicted molar refractivity (Wildman–Crippen MR) is 83.8 cm³/mol. The number of ether oxygens (including phenoxy) is 1. The second kappa shape index (κ2) is 5.44. The number of nitrogen functional groups attached to an aromatic ring is 1. The van der Waals surface area contributed by atoms with E-state index in [-0.39, 0.29) is 0 Å². The molecule has 21 heavy (non-hydrogen) atoms. The van der Waals surface area contributed by atoms with Crippen molar-refractivity contribution < 1.29 is 4.74 Å². The van der Waals surface area contributed by atoms with Crippen molar-refractivity contribution in [1.29, 1.82) is 0 Å². The highest BCUT2D eigenvalue weighted by Gasteiger charge is 2.14. The van der Waals surface area contributed by atoms with E-state index in [0.717, 1.165) is 29.7 Å². The van der Waals surface area contributed by atoms with Crippen molar-refractivity contribution in [3.05, 3.63) is 42.0 Å². The zero-order chi connectivity index (χ0) is 14.8. The fourth-order valence-electron chi connectivity index (χ4n) is 2.52. The molecular weight excluding hydrogens is 264 g/mol. The Balaban J connectivity index is 2.26. The van der Waals surface area contributed by atoms with Gasteiger partial charge in [-0.3, -0.25) is 4.57 Å². The van der Waals surface area contributed by atoms with Crippen LogP contribution in [0.1, 0.15) is 18.9 Å². The molecule has 3 rings (SSSR count). The maximum atomic E-state index is 6.11. The standard InChI is InChI=1S/C16H18N4O/c1-3-6-11-7-4-5-8-13(11)20-15-12(18-16(20)17)9-10-14(19-15)21-2/h4-5,7-10H,3,6H2,1-2H3,(H2,17,18). The van der Waals surface area contributed by atoms with E-state index in [1.54, 1.807) is 13.2 Å². The fraction of sp³-hybridized carbons (Fsp3) is 0.250. The Morgan fingerprint density at radius 1 is 1.14 bits per heavy atom. The number of methoxy groups -OCH3 is 1. The van der Waals surface area contributed by atoms with Crippen LogP contribution in [0.3, 0.4) is 0 Å². The number of para-hydroxylation sites is 1. The highest BCUT2D eigenvalue weighted by atomic mass is 16.5. The molecule has 0 aliphatic heterocycles. The molecule has 0 saturated heterocycles. The minimum absolute atomic E-state index is 0.439. The van der Waals surface area contributed by atoms with Gasteiger partial charge in [0.05, 0.1) is 12.8 Å². The lowest BCUT2D eigenvalue weighted by atomic mass is 10.1. The molecule has 0 bridgehead atoms. The van der Waals surface area contributed by atoms with Crippen LogP contribution < -0.4 is 10.5 Å². The molecule has 0 atom stereocenters. The van der Waals surface area contributed by atoms with Gasteiger partial charge in [-0.1, -0.05) is 31.5 Å². The van der Waals surface area contributed by atoms with Crippen LogP contribution >= 0.6 is 0 Å². The first-order valence-corrected chi connectivity index (χ1v) is 7.01. The Bertz CT molecular complexity index is 779. The second-order valence-electron chi connectivity index (χ2n) is 4.88. The Hall–Kier alpha value is -2.56. The summed E-state index contributed by atoms with van der Waals surface area (Å²) in [4.78, 5) is 8.88. The molecule has 0 amide bonds. The first-order valence-electron chi connectivity index (χ1n) is 7.01. The highest BCUT2D eigenvalue weighted by molar-refractivity contribution is 5.78. The summed E-state index contributed by atoms with van der Waals surface area (Å²) in [6.07, 6.45) is 2.06.